The minimum absolute atomic E-state index is 0.0683. The minimum Gasteiger partial charge on any atom is -0.273 e. The maximum atomic E-state index is 11.4. The zero-order valence-electron chi connectivity index (χ0n) is 10.6. The quantitative estimate of drug-likeness (QED) is 0.565. The lowest BCUT2D eigenvalue weighted by molar-refractivity contribution is -0.121. The van der Waals surface area contributed by atoms with E-state index in [2.05, 4.69) is 24.4 Å². The molecule has 0 aliphatic heterocycles. The van der Waals surface area contributed by atoms with E-state index in [1.54, 1.807) is 0 Å². The van der Waals surface area contributed by atoms with E-state index in [9.17, 15) is 4.79 Å². The molecule has 0 heterocycles. The fourth-order valence-corrected chi connectivity index (χ4v) is 2.06. The molecule has 0 radical (unpaired) electrons. The normalized spacial score (nSPS) is 23.4. The molecule has 1 amide bonds. The third-order valence-electron chi connectivity index (χ3n) is 3.22. The van der Waals surface area contributed by atoms with Gasteiger partial charge in [-0.05, 0) is 31.6 Å². The summed E-state index contributed by atoms with van der Waals surface area (Å²) < 4.78 is 0. The molecule has 0 spiro atoms. The van der Waals surface area contributed by atoms with Gasteiger partial charge in [0.1, 0.15) is 0 Å². The first-order valence-electron chi connectivity index (χ1n) is 6.59. The number of unbranched alkanes of at least 4 members (excludes halogenated alkanes) is 2. The number of nitrogens with zero attached hydrogens (tertiary/aromatic N) is 1. The molecule has 3 nitrogen and oxygen atoms in total. The van der Waals surface area contributed by atoms with Crippen LogP contribution < -0.4 is 5.43 Å². The molecule has 1 aliphatic rings. The van der Waals surface area contributed by atoms with E-state index in [1.807, 2.05) is 0 Å². The van der Waals surface area contributed by atoms with E-state index in [0.29, 0.717) is 12.3 Å². The number of rotatable bonds is 5. The highest BCUT2D eigenvalue weighted by Gasteiger charge is 2.15. The zero-order chi connectivity index (χ0) is 11.8. The van der Waals surface area contributed by atoms with Crippen LogP contribution in [0.5, 0.6) is 0 Å². The summed E-state index contributed by atoms with van der Waals surface area (Å²) in [7, 11) is 0. The van der Waals surface area contributed by atoms with Crippen LogP contribution >= 0.6 is 0 Å². The van der Waals surface area contributed by atoms with Crippen LogP contribution in [0.25, 0.3) is 0 Å². The van der Waals surface area contributed by atoms with Gasteiger partial charge in [0.05, 0.1) is 0 Å². The lowest BCUT2D eigenvalue weighted by atomic mass is 9.89. The van der Waals surface area contributed by atoms with Crippen molar-refractivity contribution in [3.8, 4) is 0 Å². The van der Waals surface area contributed by atoms with Crippen molar-refractivity contribution in [1.82, 2.24) is 5.43 Å². The zero-order valence-corrected chi connectivity index (χ0v) is 10.6. The SMILES string of the molecule is CCCCCC(=O)N/N=C1\CCCCC1C. The summed E-state index contributed by atoms with van der Waals surface area (Å²) in [6, 6.07) is 0. The molecule has 1 atom stereocenters. The van der Waals surface area contributed by atoms with Crippen molar-refractivity contribution in [2.75, 3.05) is 0 Å². The van der Waals surface area contributed by atoms with Crippen molar-refractivity contribution < 1.29 is 4.79 Å². The van der Waals surface area contributed by atoms with Crippen LogP contribution in [0.15, 0.2) is 5.10 Å². The van der Waals surface area contributed by atoms with Crippen molar-refractivity contribution in [2.45, 2.75) is 65.2 Å². The molecule has 0 saturated heterocycles. The fourth-order valence-electron chi connectivity index (χ4n) is 2.06. The second-order valence-corrected chi connectivity index (χ2v) is 4.74. The smallest absolute Gasteiger partial charge is 0.240 e. The van der Waals surface area contributed by atoms with Crippen LogP contribution in [-0.4, -0.2) is 11.6 Å². The maximum absolute atomic E-state index is 11.4. The van der Waals surface area contributed by atoms with Gasteiger partial charge in [-0.2, -0.15) is 5.10 Å². The van der Waals surface area contributed by atoms with E-state index >= 15 is 0 Å². The molecule has 3 heteroatoms. The van der Waals surface area contributed by atoms with Gasteiger partial charge in [-0.15, -0.1) is 0 Å². The van der Waals surface area contributed by atoms with Crippen LogP contribution in [0.1, 0.15) is 65.2 Å². The highest BCUT2D eigenvalue weighted by atomic mass is 16.2. The van der Waals surface area contributed by atoms with Gasteiger partial charge in [0.2, 0.25) is 5.91 Å². The Bertz CT molecular complexity index is 248. The maximum Gasteiger partial charge on any atom is 0.240 e. The molecule has 1 unspecified atom stereocenters. The Morgan fingerprint density at radius 3 is 2.94 bits per heavy atom. The van der Waals surface area contributed by atoms with Crippen LogP contribution in [0, 0.1) is 5.92 Å². The third-order valence-corrected chi connectivity index (χ3v) is 3.22. The van der Waals surface area contributed by atoms with Gasteiger partial charge in [0.25, 0.3) is 0 Å². The summed E-state index contributed by atoms with van der Waals surface area (Å²) in [4.78, 5) is 11.4. The number of amides is 1. The number of carbonyl (C=O) groups excluding carboxylic acids is 1. The van der Waals surface area contributed by atoms with Gasteiger partial charge in [0.15, 0.2) is 0 Å². The first-order valence-corrected chi connectivity index (χ1v) is 6.59. The Balaban J connectivity index is 2.25. The molecule has 1 aliphatic carbocycles. The van der Waals surface area contributed by atoms with E-state index in [4.69, 9.17) is 0 Å². The molecular formula is C13H24N2O. The monoisotopic (exact) mass is 224 g/mol. The second kappa shape index (κ2) is 7.42. The van der Waals surface area contributed by atoms with Gasteiger partial charge in [0, 0.05) is 12.1 Å². The molecule has 0 aromatic heterocycles. The summed E-state index contributed by atoms with van der Waals surface area (Å²) in [5, 5.41) is 4.26. The highest BCUT2D eigenvalue weighted by Crippen LogP contribution is 2.20. The van der Waals surface area contributed by atoms with Crippen LogP contribution in [0.4, 0.5) is 0 Å². The highest BCUT2D eigenvalue weighted by molar-refractivity contribution is 5.88. The van der Waals surface area contributed by atoms with Gasteiger partial charge in [-0.25, -0.2) is 5.43 Å². The summed E-state index contributed by atoms with van der Waals surface area (Å²) in [5.41, 5.74) is 3.87. The number of hydrazone groups is 1. The topological polar surface area (TPSA) is 41.5 Å². The summed E-state index contributed by atoms with van der Waals surface area (Å²) in [5.74, 6) is 0.614. The Morgan fingerprint density at radius 1 is 1.44 bits per heavy atom. The van der Waals surface area contributed by atoms with Crippen molar-refractivity contribution in [2.24, 2.45) is 11.0 Å². The Kier molecular flexibility index (Phi) is 6.12. The van der Waals surface area contributed by atoms with E-state index in [-0.39, 0.29) is 5.91 Å². The molecule has 0 bridgehead atoms. The average molecular weight is 224 g/mol. The van der Waals surface area contributed by atoms with Crippen molar-refractivity contribution in [3.63, 3.8) is 0 Å². The molecule has 1 saturated carbocycles. The average Bonchev–Trinajstić information content (AvgIpc) is 2.28. The van der Waals surface area contributed by atoms with E-state index < -0.39 is 0 Å². The van der Waals surface area contributed by atoms with Crippen molar-refractivity contribution in [3.05, 3.63) is 0 Å². The second-order valence-electron chi connectivity index (χ2n) is 4.74. The number of hydrogen-bond donors (Lipinski definition) is 1. The standard InChI is InChI=1S/C13H24N2O/c1-3-4-5-10-13(16)15-14-12-9-7-6-8-11(12)2/h11H,3-10H2,1-2H3,(H,15,16)/b14-12+. The number of hydrogen-bond acceptors (Lipinski definition) is 2. The predicted octanol–water partition coefficient (Wildman–Crippen LogP) is 3.25. The molecule has 1 N–H and O–H groups in total. The van der Waals surface area contributed by atoms with E-state index in [0.717, 1.165) is 25.7 Å². The Labute approximate surface area is 98.7 Å². The van der Waals surface area contributed by atoms with Gasteiger partial charge in [-0.1, -0.05) is 33.1 Å². The van der Waals surface area contributed by atoms with Crippen LogP contribution in [-0.2, 0) is 4.79 Å². The Morgan fingerprint density at radius 2 is 2.25 bits per heavy atom. The molecular weight excluding hydrogens is 200 g/mol. The first kappa shape index (κ1) is 13.2. The fraction of sp³-hybridized carbons (Fsp3) is 0.846. The summed E-state index contributed by atoms with van der Waals surface area (Å²) in [6.45, 7) is 4.34. The Hall–Kier alpha value is -0.860. The molecule has 0 aromatic rings. The largest absolute Gasteiger partial charge is 0.273 e. The van der Waals surface area contributed by atoms with Crippen molar-refractivity contribution >= 4 is 11.6 Å². The summed E-state index contributed by atoms with van der Waals surface area (Å²) in [6.07, 6.45) is 8.64. The molecule has 1 fully saturated rings. The van der Waals surface area contributed by atoms with Gasteiger partial charge in [-0.3, -0.25) is 4.79 Å². The summed E-state index contributed by atoms with van der Waals surface area (Å²) >= 11 is 0. The van der Waals surface area contributed by atoms with E-state index in [1.165, 1.54) is 25.0 Å². The van der Waals surface area contributed by atoms with Crippen molar-refractivity contribution in [1.29, 1.82) is 0 Å². The predicted molar refractivity (Wildman–Crippen MR) is 67.4 cm³/mol. The van der Waals surface area contributed by atoms with Crippen LogP contribution in [0.2, 0.25) is 0 Å². The molecule has 16 heavy (non-hydrogen) atoms. The van der Waals surface area contributed by atoms with Crippen LogP contribution in [0.3, 0.4) is 0 Å². The lowest BCUT2D eigenvalue weighted by Gasteiger charge is -2.19. The lowest BCUT2D eigenvalue weighted by Crippen LogP contribution is -2.24. The number of carbonyl (C=O) groups is 1. The first-order chi connectivity index (χ1) is 7.74. The minimum atomic E-state index is 0.0683. The molecule has 0 aromatic carbocycles. The van der Waals surface area contributed by atoms with Gasteiger partial charge >= 0.3 is 0 Å². The van der Waals surface area contributed by atoms with Gasteiger partial charge < -0.3 is 0 Å². The molecule has 1 rings (SSSR count). The number of nitrogens with one attached hydrogen (secondary N) is 1. The third kappa shape index (κ3) is 4.77. The molecule has 92 valence electrons.